The first-order chi connectivity index (χ1) is 8.30. The molecule has 1 aliphatic heterocycles. The zero-order valence-electron chi connectivity index (χ0n) is 9.60. The zero-order chi connectivity index (χ0) is 13.8. The molecule has 106 valence electrons. The maximum absolute atomic E-state index is 13.1. The zero-order valence-corrected chi connectivity index (χ0v) is 10.4. The highest BCUT2D eigenvalue weighted by Crippen LogP contribution is 2.23. The van der Waals surface area contributed by atoms with Gasteiger partial charge in [-0.05, 0) is 0 Å². The van der Waals surface area contributed by atoms with Gasteiger partial charge >= 0.3 is 21.5 Å². The number of amides is 1. The first kappa shape index (κ1) is 15.1. The molecule has 0 atom stereocenters. The normalized spacial score (nSPS) is 17.6. The van der Waals surface area contributed by atoms with Crippen LogP contribution in [-0.2, 0) is 23.8 Å². The molecule has 0 aromatic heterocycles. The van der Waals surface area contributed by atoms with Crippen molar-refractivity contribution in [2.75, 3.05) is 40.0 Å². The molecule has 7 nitrogen and oxygen atoms in total. The van der Waals surface area contributed by atoms with Crippen LogP contribution in [0.25, 0.3) is 0 Å². The molecule has 0 aromatic rings. The maximum Gasteiger partial charge on any atom is 0.410 e. The van der Waals surface area contributed by atoms with Crippen molar-refractivity contribution in [1.29, 1.82) is 0 Å². The van der Waals surface area contributed by atoms with E-state index in [-0.39, 0.29) is 26.3 Å². The van der Waals surface area contributed by atoms with Gasteiger partial charge in [-0.15, -0.1) is 0 Å². The topological polar surface area (TPSA) is 82.1 Å². The molecule has 1 saturated heterocycles. The lowest BCUT2D eigenvalue weighted by Crippen LogP contribution is -2.43. The third-order valence-corrected chi connectivity index (χ3v) is 3.51. The molecule has 0 spiro atoms. The minimum atomic E-state index is -5.08. The Hall–Kier alpha value is -1.00. The van der Waals surface area contributed by atoms with Crippen LogP contribution < -0.4 is 0 Å². The number of halogens is 2. The summed E-state index contributed by atoms with van der Waals surface area (Å²) in [6, 6.07) is 0. The summed E-state index contributed by atoms with van der Waals surface area (Å²) in [6.45, 7) is -0.605. The molecule has 0 radical (unpaired) electrons. The van der Waals surface area contributed by atoms with Gasteiger partial charge in [-0.1, -0.05) is 0 Å². The molecule has 1 aliphatic rings. The van der Waals surface area contributed by atoms with E-state index in [1.807, 2.05) is 0 Å². The number of nitrogens with zero attached hydrogens (tertiary/aromatic N) is 1. The summed E-state index contributed by atoms with van der Waals surface area (Å²) in [4.78, 5) is 12.5. The lowest BCUT2D eigenvalue weighted by atomic mass is 10.5. The second-order valence-corrected chi connectivity index (χ2v) is 5.25. The summed E-state index contributed by atoms with van der Waals surface area (Å²) in [5.41, 5.74) is 0. The van der Waals surface area contributed by atoms with E-state index in [9.17, 15) is 22.0 Å². The van der Waals surface area contributed by atoms with Gasteiger partial charge in [0, 0.05) is 13.1 Å². The molecule has 18 heavy (non-hydrogen) atoms. The van der Waals surface area contributed by atoms with E-state index in [2.05, 4.69) is 8.92 Å². The molecule has 0 unspecified atom stereocenters. The van der Waals surface area contributed by atoms with Gasteiger partial charge in [0.25, 0.3) is 0 Å². The number of hydrogen-bond donors (Lipinski definition) is 0. The number of morpholine rings is 1. The molecule has 1 rings (SSSR count). The van der Waals surface area contributed by atoms with Crippen molar-refractivity contribution in [3.8, 4) is 0 Å². The summed E-state index contributed by atoms with van der Waals surface area (Å²) in [7, 11) is -4.47. The van der Waals surface area contributed by atoms with Gasteiger partial charge in [-0.2, -0.15) is 17.2 Å². The highest BCUT2D eigenvalue weighted by Gasteiger charge is 2.47. The first-order valence-corrected chi connectivity index (χ1v) is 6.38. The summed E-state index contributed by atoms with van der Waals surface area (Å²) in [5, 5.41) is -4.27. The predicted molar refractivity (Wildman–Crippen MR) is 54.6 cm³/mol. The van der Waals surface area contributed by atoms with Crippen molar-refractivity contribution in [1.82, 2.24) is 4.90 Å². The Bertz CT molecular complexity index is 392. The predicted octanol–water partition coefficient (Wildman–Crippen LogP) is 0.0242. The summed E-state index contributed by atoms with van der Waals surface area (Å²) < 4.78 is 60.7. The second-order valence-electron chi connectivity index (χ2n) is 3.41. The van der Waals surface area contributed by atoms with Crippen LogP contribution in [0.5, 0.6) is 0 Å². The SMILES string of the molecule is COS(=O)(=O)C(F)(F)COC(=O)N1CCOCC1. The molecule has 1 fully saturated rings. The number of carbonyl (C=O) groups excluding carboxylic acids is 1. The van der Waals surface area contributed by atoms with E-state index in [1.165, 1.54) is 0 Å². The Kier molecular flexibility index (Phi) is 4.82. The van der Waals surface area contributed by atoms with Crippen LogP contribution in [0.1, 0.15) is 0 Å². The van der Waals surface area contributed by atoms with E-state index in [0.29, 0.717) is 7.11 Å². The second kappa shape index (κ2) is 5.76. The van der Waals surface area contributed by atoms with Gasteiger partial charge in [0.1, 0.15) is 0 Å². The smallest absolute Gasteiger partial charge is 0.410 e. The number of alkyl halides is 2. The average molecular weight is 289 g/mol. The Morgan fingerprint density at radius 1 is 1.39 bits per heavy atom. The number of hydrogen-bond acceptors (Lipinski definition) is 6. The number of ether oxygens (including phenoxy) is 2. The van der Waals surface area contributed by atoms with E-state index < -0.39 is 28.1 Å². The van der Waals surface area contributed by atoms with Crippen molar-refractivity contribution in [3.05, 3.63) is 0 Å². The van der Waals surface area contributed by atoms with Gasteiger partial charge in [-0.25, -0.2) is 4.79 Å². The first-order valence-electron chi connectivity index (χ1n) is 4.97. The molecule has 1 heterocycles. The fourth-order valence-corrected chi connectivity index (χ4v) is 1.62. The molecule has 1 amide bonds. The van der Waals surface area contributed by atoms with Crippen molar-refractivity contribution in [2.45, 2.75) is 5.25 Å². The third kappa shape index (κ3) is 3.50. The third-order valence-electron chi connectivity index (χ3n) is 2.22. The fourth-order valence-electron chi connectivity index (χ4n) is 1.18. The Morgan fingerprint density at radius 2 is 1.94 bits per heavy atom. The molecular weight excluding hydrogens is 276 g/mol. The molecular formula is C8H13F2NO6S. The number of rotatable bonds is 4. The van der Waals surface area contributed by atoms with Gasteiger partial charge in [0.2, 0.25) is 0 Å². The minimum Gasteiger partial charge on any atom is -0.442 e. The highest BCUT2D eigenvalue weighted by molar-refractivity contribution is 7.87. The van der Waals surface area contributed by atoms with Gasteiger partial charge in [0.05, 0.1) is 20.3 Å². The van der Waals surface area contributed by atoms with E-state index in [4.69, 9.17) is 4.74 Å². The van der Waals surface area contributed by atoms with Crippen molar-refractivity contribution >= 4 is 16.2 Å². The lowest BCUT2D eigenvalue weighted by Gasteiger charge is -2.26. The van der Waals surface area contributed by atoms with Gasteiger partial charge < -0.3 is 14.4 Å². The largest absolute Gasteiger partial charge is 0.442 e. The van der Waals surface area contributed by atoms with Crippen LogP contribution in [0, 0.1) is 0 Å². The molecule has 0 bridgehead atoms. The van der Waals surface area contributed by atoms with Crippen molar-refractivity contribution in [2.24, 2.45) is 0 Å². The van der Waals surface area contributed by atoms with Crippen LogP contribution in [0.15, 0.2) is 0 Å². The Morgan fingerprint density at radius 3 is 2.44 bits per heavy atom. The molecule has 10 heteroatoms. The van der Waals surface area contributed by atoms with Crippen molar-refractivity contribution < 1.29 is 35.6 Å². The Balaban J connectivity index is 2.51. The lowest BCUT2D eigenvalue weighted by molar-refractivity contribution is -0.0179. The highest BCUT2D eigenvalue weighted by atomic mass is 32.2. The van der Waals surface area contributed by atoms with Gasteiger partial charge in [0.15, 0.2) is 6.61 Å². The summed E-state index contributed by atoms with van der Waals surface area (Å²) in [5.74, 6) is 0. The number of carbonyl (C=O) groups is 1. The van der Waals surface area contributed by atoms with E-state index in [1.54, 1.807) is 0 Å². The molecule has 0 saturated carbocycles. The maximum atomic E-state index is 13.1. The standard InChI is InChI=1S/C8H13F2NO6S/c1-15-18(13,14)8(9,10)6-17-7(12)11-2-4-16-5-3-11/h2-6H2,1H3. The Labute approximate surface area is 103 Å². The van der Waals surface area contributed by atoms with Crippen LogP contribution in [-0.4, -0.2) is 64.7 Å². The summed E-state index contributed by atoms with van der Waals surface area (Å²) in [6.07, 6.45) is -1.01. The van der Waals surface area contributed by atoms with Crippen LogP contribution in [0.3, 0.4) is 0 Å². The van der Waals surface area contributed by atoms with Crippen molar-refractivity contribution in [3.63, 3.8) is 0 Å². The van der Waals surface area contributed by atoms with Gasteiger partial charge in [-0.3, -0.25) is 4.18 Å². The molecule has 0 aromatic carbocycles. The van der Waals surface area contributed by atoms with Crippen LogP contribution in [0.4, 0.5) is 13.6 Å². The minimum absolute atomic E-state index is 0.210. The fraction of sp³-hybridized carbons (Fsp3) is 0.875. The summed E-state index contributed by atoms with van der Waals surface area (Å²) >= 11 is 0. The molecule has 0 N–H and O–H groups in total. The van der Waals surface area contributed by atoms with Crippen LogP contribution >= 0.6 is 0 Å². The quantitative estimate of drug-likeness (QED) is 0.679. The molecule has 0 aliphatic carbocycles. The van der Waals surface area contributed by atoms with E-state index >= 15 is 0 Å². The van der Waals surface area contributed by atoms with Crippen LogP contribution in [0.2, 0.25) is 0 Å². The van der Waals surface area contributed by atoms with E-state index in [0.717, 1.165) is 4.90 Å². The monoisotopic (exact) mass is 289 g/mol. The average Bonchev–Trinajstić information content (AvgIpc) is 2.36.